The van der Waals surface area contributed by atoms with Crippen molar-refractivity contribution in [2.45, 2.75) is 31.7 Å². The maximum atomic E-state index is 13.1. The summed E-state index contributed by atoms with van der Waals surface area (Å²) in [7, 11) is 0. The minimum Gasteiger partial charge on any atom is -0.348 e. The standard InChI is InChI=1S/C23H17ClF6N2O/c1-13-4-2-3-5-18(13)19-9-17(10-24)31-12-20(19)21(33)32-11-14-6-15(22(25,26)27)8-16(7-14)23(28,29)30/h2-9,12H,10-11H2,1H3,(H,32,33). The second-order valence-electron chi connectivity index (χ2n) is 7.27. The van der Waals surface area contributed by atoms with Crippen molar-refractivity contribution in [1.29, 1.82) is 0 Å². The number of halogens is 7. The van der Waals surface area contributed by atoms with Crippen molar-refractivity contribution in [2.24, 2.45) is 0 Å². The second kappa shape index (κ2) is 9.43. The lowest BCUT2D eigenvalue weighted by molar-refractivity contribution is -0.143. The lowest BCUT2D eigenvalue weighted by atomic mass is 9.96. The molecule has 0 aliphatic heterocycles. The van der Waals surface area contributed by atoms with Gasteiger partial charge < -0.3 is 5.32 Å². The number of hydrogen-bond acceptors (Lipinski definition) is 2. The summed E-state index contributed by atoms with van der Waals surface area (Å²) in [6, 6.07) is 10.0. The Labute approximate surface area is 190 Å². The minimum atomic E-state index is -4.97. The van der Waals surface area contributed by atoms with Gasteiger partial charge in [-0.25, -0.2) is 0 Å². The lowest BCUT2D eigenvalue weighted by Gasteiger charge is -2.16. The van der Waals surface area contributed by atoms with E-state index < -0.39 is 35.9 Å². The van der Waals surface area contributed by atoms with Crippen molar-refractivity contribution >= 4 is 17.5 Å². The molecule has 174 valence electrons. The first-order valence-electron chi connectivity index (χ1n) is 9.57. The molecule has 1 amide bonds. The van der Waals surface area contributed by atoms with Gasteiger partial charge in [-0.3, -0.25) is 9.78 Å². The summed E-state index contributed by atoms with van der Waals surface area (Å²) in [4.78, 5) is 16.9. The number of amides is 1. The number of pyridine rings is 1. The highest BCUT2D eigenvalue weighted by molar-refractivity contribution is 6.17. The molecule has 10 heteroatoms. The zero-order chi connectivity index (χ0) is 24.4. The Morgan fingerprint density at radius 1 is 0.939 bits per heavy atom. The van der Waals surface area contributed by atoms with Crippen molar-refractivity contribution < 1.29 is 31.1 Å². The number of alkyl halides is 7. The van der Waals surface area contributed by atoms with Crippen LogP contribution in [0.4, 0.5) is 26.3 Å². The van der Waals surface area contributed by atoms with Crippen LogP contribution in [0.15, 0.2) is 54.7 Å². The fourth-order valence-electron chi connectivity index (χ4n) is 3.25. The number of nitrogens with zero attached hydrogens (tertiary/aromatic N) is 1. The Kier molecular flexibility index (Phi) is 7.02. The topological polar surface area (TPSA) is 42.0 Å². The highest BCUT2D eigenvalue weighted by Crippen LogP contribution is 2.36. The summed E-state index contributed by atoms with van der Waals surface area (Å²) in [6.45, 7) is 1.29. The minimum absolute atomic E-state index is 0.0381. The van der Waals surface area contributed by atoms with E-state index in [1.54, 1.807) is 18.2 Å². The van der Waals surface area contributed by atoms with Crippen LogP contribution in [0.1, 0.15) is 38.3 Å². The van der Waals surface area contributed by atoms with E-state index in [1.165, 1.54) is 6.20 Å². The molecule has 0 atom stereocenters. The molecule has 0 saturated heterocycles. The molecule has 0 spiro atoms. The number of carbonyl (C=O) groups excluding carboxylic acids is 1. The molecule has 3 rings (SSSR count). The average Bonchev–Trinajstić information content (AvgIpc) is 2.76. The number of rotatable bonds is 5. The zero-order valence-electron chi connectivity index (χ0n) is 17.1. The molecule has 0 bridgehead atoms. The van der Waals surface area contributed by atoms with E-state index in [1.807, 2.05) is 19.1 Å². The van der Waals surface area contributed by atoms with Crippen LogP contribution in [0.2, 0.25) is 0 Å². The molecule has 1 N–H and O–H groups in total. The van der Waals surface area contributed by atoms with Gasteiger partial charge in [0.15, 0.2) is 0 Å². The van der Waals surface area contributed by atoms with Gasteiger partial charge in [0, 0.05) is 12.7 Å². The first-order valence-corrected chi connectivity index (χ1v) is 10.1. The van der Waals surface area contributed by atoms with E-state index in [9.17, 15) is 31.1 Å². The smallest absolute Gasteiger partial charge is 0.348 e. The fraction of sp³-hybridized carbons (Fsp3) is 0.217. The molecule has 0 saturated carbocycles. The maximum absolute atomic E-state index is 13.1. The van der Waals surface area contributed by atoms with E-state index in [4.69, 9.17) is 11.6 Å². The Morgan fingerprint density at radius 3 is 2.09 bits per heavy atom. The Balaban J connectivity index is 1.94. The van der Waals surface area contributed by atoms with Crippen molar-refractivity contribution in [3.8, 4) is 11.1 Å². The van der Waals surface area contributed by atoms with Gasteiger partial charge in [-0.1, -0.05) is 24.3 Å². The molecule has 3 aromatic rings. The van der Waals surface area contributed by atoms with Gasteiger partial charge in [0.05, 0.1) is 28.3 Å². The molecule has 0 radical (unpaired) electrons. The SMILES string of the molecule is Cc1ccccc1-c1cc(CCl)ncc1C(=O)NCc1cc(C(F)(F)F)cc(C(F)(F)F)c1. The molecule has 2 aromatic carbocycles. The quantitative estimate of drug-likeness (QED) is 0.320. The van der Waals surface area contributed by atoms with Gasteiger partial charge in [0.25, 0.3) is 5.91 Å². The van der Waals surface area contributed by atoms with Crippen LogP contribution < -0.4 is 5.32 Å². The number of carbonyl (C=O) groups is 1. The van der Waals surface area contributed by atoms with Crippen molar-refractivity contribution in [3.63, 3.8) is 0 Å². The van der Waals surface area contributed by atoms with E-state index in [0.29, 0.717) is 23.4 Å². The van der Waals surface area contributed by atoms with Crippen LogP contribution >= 0.6 is 11.6 Å². The van der Waals surface area contributed by atoms with Crippen LogP contribution in [0.5, 0.6) is 0 Å². The summed E-state index contributed by atoms with van der Waals surface area (Å²) in [6.07, 6.45) is -8.67. The van der Waals surface area contributed by atoms with E-state index in [-0.39, 0.29) is 23.1 Å². The monoisotopic (exact) mass is 486 g/mol. The predicted molar refractivity (Wildman–Crippen MR) is 112 cm³/mol. The summed E-state index contributed by atoms with van der Waals surface area (Å²) in [5, 5.41) is 2.39. The normalized spacial score (nSPS) is 12.0. The lowest BCUT2D eigenvalue weighted by Crippen LogP contribution is -2.24. The van der Waals surface area contributed by atoms with Crippen molar-refractivity contribution in [3.05, 3.63) is 88.2 Å². The largest absolute Gasteiger partial charge is 0.416 e. The molecule has 0 fully saturated rings. The number of hydrogen-bond donors (Lipinski definition) is 1. The molecule has 3 nitrogen and oxygen atoms in total. The average molecular weight is 487 g/mol. The summed E-state index contributed by atoms with van der Waals surface area (Å²) < 4.78 is 78.5. The molecule has 0 unspecified atom stereocenters. The molecule has 1 heterocycles. The number of aryl methyl sites for hydroxylation is 1. The van der Waals surface area contributed by atoms with Crippen LogP contribution in [0, 0.1) is 6.92 Å². The molecule has 33 heavy (non-hydrogen) atoms. The third-order valence-electron chi connectivity index (χ3n) is 4.88. The van der Waals surface area contributed by atoms with E-state index in [0.717, 1.165) is 11.1 Å². The Morgan fingerprint density at radius 2 is 1.55 bits per heavy atom. The van der Waals surface area contributed by atoms with Gasteiger partial charge in [0.1, 0.15) is 0 Å². The first-order chi connectivity index (χ1) is 15.4. The van der Waals surface area contributed by atoms with Crippen LogP contribution in [-0.2, 0) is 24.8 Å². The van der Waals surface area contributed by atoms with Gasteiger partial charge in [-0.05, 0) is 53.4 Å². The fourth-order valence-corrected chi connectivity index (χ4v) is 3.40. The van der Waals surface area contributed by atoms with Crippen molar-refractivity contribution in [1.82, 2.24) is 10.3 Å². The van der Waals surface area contributed by atoms with Crippen molar-refractivity contribution in [2.75, 3.05) is 0 Å². The third-order valence-corrected chi connectivity index (χ3v) is 5.15. The summed E-state index contributed by atoms with van der Waals surface area (Å²) in [5.74, 6) is -0.613. The third kappa shape index (κ3) is 5.84. The van der Waals surface area contributed by atoms with Gasteiger partial charge in [-0.15, -0.1) is 11.6 Å². The van der Waals surface area contributed by atoms with Gasteiger partial charge in [0.2, 0.25) is 0 Å². The summed E-state index contributed by atoms with van der Waals surface area (Å²) in [5.41, 5.74) is -0.559. The first kappa shape index (κ1) is 24.6. The predicted octanol–water partition coefficient (Wildman–Crippen LogP) is 6.76. The van der Waals surface area contributed by atoms with Crippen LogP contribution in [0.25, 0.3) is 11.1 Å². The number of benzene rings is 2. The molecular formula is C23H17ClF6N2O. The van der Waals surface area contributed by atoms with Gasteiger partial charge in [-0.2, -0.15) is 26.3 Å². The summed E-state index contributed by atoms with van der Waals surface area (Å²) >= 11 is 5.86. The second-order valence-corrected chi connectivity index (χ2v) is 7.53. The van der Waals surface area contributed by atoms with Gasteiger partial charge >= 0.3 is 12.4 Å². The molecular weight excluding hydrogens is 470 g/mol. The van der Waals surface area contributed by atoms with E-state index >= 15 is 0 Å². The van der Waals surface area contributed by atoms with E-state index in [2.05, 4.69) is 10.3 Å². The highest BCUT2D eigenvalue weighted by atomic mass is 35.5. The maximum Gasteiger partial charge on any atom is 0.416 e. The van der Waals surface area contributed by atoms with Crippen LogP contribution in [-0.4, -0.2) is 10.9 Å². The highest BCUT2D eigenvalue weighted by Gasteiger charge is 2.36. The Bertz CT molecular complexity index is 1140. The molecule has 0 aliphatic rings. The molecule has 0 aliphatic carbocycles. The number of aromatic nitrogens is 1. The zero-order valence-corrected chi connectivity index (χ0v) is 17.9. The Hall–Kier alpha value is -3.07. The molecule has 1 aromatic heterocycles. The van der Waals surface area contributed by atoms with Crippen LogP contribution in [0.3, 0.4) is 0 Å². The number of nitrogens with one attached hydrogen (secondary N) is 1.